The van der Waals surface area contributed by atoms with Crippen molar-refractivity contribution in [2.75, 3.05) is 6.61 Å². The Balaban J connectivity index is 3.39. The summed E-state index contributed by atoms with van der Waals surface area (Å²) in [5, 5.41) is 3.70. The Bertz CT molecular complexity index is 660. The first-order valence-corrected chi connectivity index (χ1v) is 7.30. The summed E-state index contributed by atoms with van der Waals surface area (Å²) in [5.74, 6) is -4.13. The molecule has 0 bridgehead atoms. The normalized spacial score (nSPS) is 13.8. The number of nitrogens with two attached hydrogens (primary N) is 1. The van der Waals surface area contributed by atoms with Gasteiger partial charge in [0.1, 0.15) is 17.5 Å². The maximum absolute atomic E-state index is 14.2. The molecule has 7 nitrogen and oxygen atoms in total. The summed E-state index contributed by atoms with van der Waals surface area (Å²) in [4.78, 5) is 35.3. The molecule has 2 amide bonds. The average molecular weight is 337 g/mol. The highest BCUT2D eigenvalue weighted by atomic mass is 19.1. The number of esters is 1. The zero-order valence-electron chi connectivity index (χ0n) is 13.7. The van der Waals surface area contributed by atoms with E-state index in [4.69, 9.17) is 10.5 Å². The van der Waals surface area contributed by atoms with Crippen LogP contribution in [0.15, 0.2) is 29.4 Å². The van der Waals surface area contributed by atoms with Crippen molar-refractivity contribution in [3.05, 3.63) is 35.6 Å². The molecule has 24 heavy (non-hydrogen) atoms. The van der Waals surface area contributed by atoms with Crippen LogP contribution in [-0.4, -0.2) is 30.1 Å². The molecule has 0 aliphatic rings. The number of ketones is 1. The van der Waals surface area contributed by atoms with E-state index >= 15 is 0 Å². The van der Waals surface area contributed by atoms with E-state index in [1.165, 1.54) is 32.0 Å². The molecule has 1 aromatic rings. The van der Waals surface area contributed by atoms with E-state index in [0.717, 1.165) is 0 Å². The van der Waals surface area contributed by atoms with Crippen LogP contribution in [0.2, 0.25) is 0 Å². The minimum atomic E-state index is -1.19. The molecule has 2 atom stereocenters. The van der Waals surface area contributed by atoms with E-state index in [0.29, 0.717) is 0 Å². The minimum absolute atomic E-state index is 0.0525. The molecule has 1 rings (SSSR count). The number of carbonyl (C=O) groups excluding carboxylic acids is 3. The predicted molar refractivity (Wildman–Crippen MR) is 85.8 cm³/mol. The van der Waals surface area contributed by atoms with Crippen molar-refractivity contribution >= 4 is 23.5 Å². The third-order valence-corrected chi connectivity index (χ3v) is 3.34. The number of halogens is 1. The van der Waals surface area contributed by atoms with E-state index in [1.807, 2.05) is 5.43 Å². The number of hydrazone groups is 1. The number of urea groups is 1. The van der Waals surface area contributed by atoms with Crippen LogP contribution in [0.3, 0.4) is 0 Å². The summed E-state index contributed by atoms with van der Waals surface area (Å²) in [7, 11) is 0. The van der Waals surface area contributed by atoms with Crippen LogP contribution in [0.1, 0.15) is 32.3 Å². The molecule has 130 valence electrons. The Hall–Kier alpha value is -2.77. The maximum atomic E-state index is 14.2. The number of amides is 2. The SMILES string of the molecule is CCOC(=O)C(/C(C)=N/NC(N)=O)C(C(C)=O)c1ccccc1F. The van der Waals surface area contributed by atoms with Crippen molar-refractivity contribution in [1.29, 1.82) is 0 Å². The molecule has 0 fully saturated rings. The summed E-state index contributed by atoms with van der Waals surface area (Å²) in [6.07, 6.45) is 0. The Labute approximate surface area is 139 Å². The number of hydrogen-bond donors (Lipinski definition) is 2. The summed E-state index contributed by atoms with van der Waals surface area (Å²) < 4.78 is 19.1. The van der Waals surface area contributed by atoms with E-state index in [2.05, 4.69) is 5.10 Å². The van der Waals surface area contributed by atoms with E-state index in [1.54, 1.807) is 13.0 Å². The third kappa shape index (κ3) is 4.87. The summed E-state index contributed by atoms with van der Waals surface area (Å²) >= 11 is 0. The van der Waals surface area contributed by atoms with Crippen LogP contribution in [0.25, 0.3) is 0 Å². The van der Waals surface area contributed by atoms with E-state index in [9.17, 15) is 18.8 Å². The maximum Gasteiger partial charge on any atom is 0.332 e. The van der Waals surface area contributed by atoms with Gasteiger partial charge in [0.25, 0.3) is 0 Å². The van der Waals surface area contributed by atoms with Crippen LogP contribution >= 0.6 is 0 Å². The number of nitrogens with zero attached hydrogens (tertiary/aromatic N) is 1. The Morgan fingerprint density at radius 1 is 1.29 bits per heavy atom. The van der Waals surface area contributed by atoms with Crippen molar-refractivity contribution in [2.45, 2.75) is 26.7 Å². The number of hydrogen-bond acceptors (Lipinski definition) is 5. The van der Waals surface area contributed by atoms with Crippen LogP contribution < -0.4 is 11.2 Å². The van der Waals surface area contributed by atoms with Gasteiger partial charge in [-0.3, -0.25) is 9.59 Å². The van der Waals surface area contributed by atoms with Gasteiger partial charge in [-0.15, -0.1) is 0 Å². The quantitative estimate of drug-likeness (QED) is 0.448. The van der Waals surface area contributed by atoms with Gasteiger partial charge in [-0.05, 0) is 32.4 Å². The number of primary amides is 1. The van der Waals surface area contributed by atoms with Gasteiger partial charge >= 0.3 is 12.0 Å². The van der Waals surface area contributed by atoms with Gasteiger partial charge < -0.3 is 10.5 Å². The molecule has 0 spiro atoms. The fraction of sp³-hybridized carbons (Fsp3) is 0.375. The average Bonchev–Trinajstić information content (AvgIpc) is 2.51. The first-order chi connectivity index (χ1) is 11.3. The van der Waals surface area contributed by atoms with Crippen molar-refractivity contribution in [2.24, 2.45) is 16.8 Å². The van der Waals surface area contributed by atoms with Gasteiger partial charge in [-0.25, -0.2) is 14.6 Å². The van der Waals surface area contributed by atoms with Crippen LogP contribution in [0, 0.1) is 11.7 Å². The van der Waals surface area contributed by atoms with Gasteiger partial charge in [0.2, 0.25) is 0 Å². The second kappa shape index (κ2) is 8.76. The largest absolute Gasteiger partial charge is 0.465 e. The summed E-state index contributed by atoms with van der Waals surface area (Å²) in [5.41, 5.74) is 7.08. The molecule has 2 unspecified atom stereocenters. The lowest BCUT2D eigenvalue weighted by molar-refractivity contribution is -0.147. The van der Waals surface area contributed by atoms with E-state index < -0.39 is 35.4 Å². The molecule has 3 N–H and O–H groups in total. The van der Waals surface area contributed by atoms with Gasteiger partial charge in [-0.1, -0.05) is 18.2 Å². The Morgan fingerprint density at radius 3 is 2.42 bits per heavy atom. The molecule has 1 aromatic carbocycles. The van der Waals surface area contributed by atoms with Crippen LogP contribution in [-0.2, 0) is 14.3 Å². The summed E-state index contributed by atoms with van der Waals surface area (Å²) in [6.45, 7) is 4.36. The molecule has 0 saturated carbocycles. The fourth-order valence-corrected chi connectivity index (χ4v) is 2.35. The zero-order valence-corrected chi connectivity index (χ0v) is 13.7. The van der Waals surface area contributed by atoms with E-state index in [-0.39, 0.29) is 17.9 Å². The van der Waals surface area contributed by atoms with Gasteiger partial charge in [0.05, 0.1) is 18.2 Å². The molecular weight excluding hydrogens is 317 g/mol. The van der Waals surface area contributed by atoms with Crippen molar-refractivity contribution < 1.29 is 23.5 Å². The highest BCUT2D eigenvalue weighted by Crippen LogP contribution is 2.30. The molecule has 0 heterocycles. The zero-order chi connectivity index (χ0) is 18.3. The highest BCUT2D eigenvalue weighted by Gasteiger charge is 2.38. The lowest BCUT2D eigenvalue weighted by Crippen LogP contribution is -2.36. The molecule has 0 saturated heterocycles. The molecule has 0 aliphatic carbocycles. The second-order valence-electron chi connectivity index (χ2n) is 5.07. The minimum Gasteiger partial charge on any atom is -0.465 e. The number of Topliss-reactive ketones (excluding diaryl/α,β-unsaturated/α-hetero) is 1. The van der Waals surface area contributed by atoms with Gasteiger partial charge in [-0.2, -0.15) is 5.10 Å². The first-order valence-electron chi connectivity index (χ1n) is 7.30. The van der Waals surface area contributed by atoms with Crippen LogP contribution in [0.5, 0.6) is 0 Å². The number of ether oxygens (including phenoxy) is 1. The first kappa shape index (κ1) is 19.3. The smallest absolute Gasteiger partial charge is 0.332 e. The highest BCUT2D eigenvalue weighted by molar-refractivity contribution is 6.06. The molecule has 0 aromatic heterocycles. The Morgan fingerprint density at radius 2 is 1.92 bits per heavy atom. The molecule has 0 radical (unpaired) electrons. The monoisotopic (exact) mass is 337 g/mol. The van der Waals surface area contributed by atoms with Crippen LogP contribution in [0.4, 0.5) is 9.18 Å². The standard InChI is InChI=1S/C16H20FN3O4/c1-4-24-15(22)13(9(2)19-20-16(18)23)14(10(3)21)11-7-5-6-8-12(11)17/h5-8,13-14H,4H2,1-3H3,(H3,18,20,23)/b19-9+. The van der Waals surface area contributed by atoms with Crippen molar-refractivity contribution in [3.63, 3.8) is 0 Å². The van der Waals surface area contributed by atoms with Gasteiger partial charge in [0, 0.05) is 0 Å². The topological polar surface area (TPSA) is 111 Å². The van der Waals surface area contributed by atoms with Crippen molar-refractivity contribution in [3.8, 4) is 0 Å². The fourth-order valence-electron chi connectivity index (χ4n) is 2.35. The van der Waals surface area contributed by atoms with Crippen molar-refractivity contribution in [1.82, 2.24) is 5.43 Å². The summed E-state index contributed by atoms with van der Waals surface area (Å²) in [6, 6.07) is 4.72. The molecule has 8 heteroatoms. The number of rotatable bonds is 7. The lowest BCUT2D eigenvalue weighted by atomic mass is 9.80. The predicted octanol–water partition coefficient (Wildman–Crippen LogP) is 1.72. The number of benzene rings is 1. The molecule has 0 aliphatic heterocycles. The number of nitrogens with one attached hydrogen (secondary N) is 1. The molecular formula is C16H20FN3O4. The third-order valence-electron chi connectivity index (χ3n) is 3.34. The Kier molecular flexibility index (Phi) is 7.03. The number of carbonyl (C=O) groups is 3. The van der Waals surface area contributed by atoms with Gasteiger partial charge in [0.15, 0.2) is 0 Å². The second-order valence-corrected chi connectivity index (χ2v) is 5.07. The lowest BCUT2D eigenvalue weighted by Gasteiger charge is -2.24.